The number of likely N-dealkylation sites (tertiary alicyclic amines) is 1. The van der Waals surface area contributed by atoms with E-state index in [1.54, 1.807) is 20.0 Å². The van der Waals surface area contributed by atoms with Crippen molar-refractivity contribution >= 4 is 29.2 Å². The molecular formula is C31H41F2N7O. The maximum atomic E-state index is 14.4. The highest BCUT2D eigenvalue weighted by Gasteiger charge is 2.36. The van der Waals surface area contributed by atoms with E-state index in [2.05, 4.69) is 19.5 Å². The minimum absolute atomic E-state index is 0.0468. The maximum absolute atomic E-state index is 14.4. The van der Waals surface area contributed by atoms with Gasteiger partial charge in [0.1, 0.15) is 0 Å². The first kappa shape index (κ1) is 27.9. The van der Waals surface area contributed by atoms with Gasteiger partial charge in [-0.1, -0.05) is 6.42 Å². The van der Waals surface area contributed by atoms with Crippen LogP contribution in [0.4, 0.5) is 20.3 Å². The van der Waals surface area contributed by atoms with Crippen molar-refractivity contribution in [2.24, 2.45) is 10.7 Å². The van der Waals surface area contributed by atoms with Crippen LogP contribution in [0.3, 0.4) is 0 Å². The number of aryl methyl sites for hydroxylation is 1. The van der Waals surface area contributed by atoms with Gasteiger partial charge >= 0.3 is 0 Å². The molecule has 0 radical (unpaired) electrons. The number of halogens is 2. The van der Waals surface area contributed by atoms with Crippen molar-refractivity contribution in [1.82, 2.24) is 19.6 Å². The summed E-state index contributed by atoms with van der Waals surface area (Å²) in [6, 6.07) is 4.53. The molecular weight excluding hydrogens is 524 g/mol. The number of piperidine rings is 1. The molecule has 10 heteroatoms. The number of aromatic nitrogens is 2. The van der Waals surface area contributed by atoms with E-state index in [-0.39, 0.29) is 11.5 Å². The third-order valence-electron chi connectivity index (χ3n) is 9.57. The Labute approximate surface area is 240 Å². The van der Waals surface area contributed by atoms with E-state index >= 15 is 0 Å². The number of rotatable bonds is 6. The van der Waals surface area contributed by atoms with Crippen LogP contribution in [0.25, 0.3) is 5.57 Å². The number of alkyl halides is 2. The molecule has 8 nitrogen and oxygen atoms in total. The van der Waals surface area contributed by atoms with Crippen molar-refractivity contribution in [2.45, 2.75) is 83.3 Å². The molecule has 220 valence electrons. The number of hydrogen-bond acceptors (Lipinski definition) is 6. The van der Waals surface area contributed by atoms with Crippen LogP contribution >= 0.6 is 0 Å². The molecule has 3 aliphatic heterocycles. The van der Waals surface area contributed by atoms with Crippen molar-refractivity contribution in [3.8, 4) is 0 Å². The normalized spacial score (nSPS) is 21.0. The van der Waals surface area contributed by atoms with E-state index < -0.39 is 6.43 Å². The summed E-state index contributed by atoms with van der Waals surface area (Å²) in [6.07, 6.45) is 8.71. The number of amides is 1. The molecule has 1 amide bonds. The van der Waals surface area contributed by atoms with Crippen LogP contribution < -0.4 is 10.6 Å². The zero-order valence-corrected chi connectivity index (χ0v) is 24.2. The third-order valence-corrected chi connectivity index (χ3v) is 9.57. The third kappa shape index (κ3) is 5.15. The fraction of sp³-hybridized carbons (Fsp3) is 0.581. The standard InChI is InChI=1S/C31H41F2N7O/c1-20(41)38-14-10-28-27(19-38)31(36-40(28)24-8-12-37(13-9-24)23-6-3-7-23)39-11-4-5-21-15-25(22(17-34)18-35-2)26(30(32)33)16-29(21)39/h15-18,23-24,30H,3-14,19,34H2,1-2H3/b22-17+,35-18?. The highest BCUT2D eigenvalue weighted by Crippen LogP contribution is 2.43. The zero-order chi connectivity index (χ0) is 28.7. The van der Waals surface area contributed by atoms with Gasteiger partial charge in [0.25, 0.3) is 6.43 Å². The van der Waals surface area contributed by atoms with Gasteiger partial charge in [-0.05, 0) is 61.8 Å². The first-order valence-electron chi connectivity index (χ1n) is 15.1. The first-order valence-corrected chi connectivity index (χ1v) is 15.1. The summed E-state index contributed by atoms with van der Waals surface area (Å²) in [7, 11) is 1.60. The molecule has 1 saturated heterocycles. The number of hydrogen-bond donors (Lipinski definition) is 1. The molecule has 0 unspecified atom stereocenters. The van der Waals surface area contributed by atoms with Crippen molar-refractivity contribution in [1.29, 1.82) is 0 Å². The summed E-state index contributed by atoms with van der Waals surface area (Å²) < 4.78 is 31.1. The summed E-state index contributed by atoms with van der Waals surface area (Å²) in [4.78, 5) is 23.1. The van der Waals surface area contributed by atoms with Crippen molar-refractivity contribution < 1.29 is 13.6 Å². The Kier molecular flexibility index (Phi) is 7.85. The van der Waals surface area contributed by atoms with E-state index in [0.717, 1.165) is 73.9 Å². The van der Waals surface area contributed by atoms with Crippen LogP contribution in [0, 0.1) is 0 Å². The number of fused-ring (bicyclic) bond motifs is 2. The molecule has 0 atom stereocenters. The van der Waals surface area contributed by atoms with Gasteiger partial charge in [-0.15, -0.1) is 0 Å². The smallest absolute Gasteiger partial charge is 0.264 e. The summed E-state index contributed by atoms with van der Waals surface area (Å²) in [6.45, 7) is 5.65. The number of allylic oxidation sites excluding steroid dienone is 1. The van der Waals surface area contributed by atoms with Crippen LogP contribution in [0.2, 0.25) is 0 Å². The minimum Gasteiger partial charge on any atom is -0.404 e. The summed E-state index contributed by atoms with van der Waals surface area (Å²) in [5.74, 6) is 0.858. The Morgan fingerprint density at radius 1 is 1.07 bits per heavy atom. The lowest BCUT2D eigenvalue weighted by atomic mass is 9.89. The van der Waals surface area contributed by atoms with Gasteiger partial charge in [0.05, 0.1) is 12.6 Å². The topological polar surface area (TPSA) is 83.0 Å². The maximum Gasteiger partial charge on any atom is 0.264 e. The average molecular weight is 566 g/mol. The number of anilines is 2. The summed E-state index contributed by atoms with van der Waals surface area (Å²) in [5, 5.41) is 5.26. The molecule has 0 spiro atoms. The fourth-order valence-electron chi connectivity index (χ4n) is 7.10. The van der Waals surface area contributed by atoms with E-state index in [4.69, 9.17) is 10.8 Å². The number of benzene rings is 1. The van der Waals surface area contributed by atoms with Crippen LogP contribution in [-0.4, -0.2) is 71.0 Å². The number of nitrogens with two attached hydrogens (primary N) is 1. The van der Waals surface area contributed by atoms with Gasteiger partial charge in [-0.3, -0.25) is 14.5 Å². The quantitative estimate of drug-likeness (QED) is 0.499. The molecule has 0 bridgehead atoms. The largest absolute Gasteiger partial charge is 0.404 e. The number of carbonyl (C=O) groups excluding carboxylic acids is 1. The van der Waals surface area contributed by atoms with Crippen LogP contribution in [0.1, 0.15) is 85.9 Å². The fourth-order valence-corrected chi connectivity index (χ4v) is 7.10. The van der Waals surface area contributed by atoms with Crippen molar-refractivity contribution in [3.05, 3.63) is 46.3 Å². The second kappa shape index (κ2) is 11.5. The van der Waals surface area contributed by atoms with Crippen LogP contribution in [-0.2, 0) is 24.2 Å². The second-order valence-electron chi connectivity index (χ2n) is 11.9. The van der Waals surface area contributed by atoms with E-state index in [1.807, 2.05) is 11.0 Å². The first-order chi connectivity index (χ1) is 19.9. The Morgan fingerprint density at radius 2 is 1.85 bits per heavy atom. The van der Waals surface area contributed by atoms with Crippen LogP contribution in [0.15, 0.2) is 23.3 Å². The molecule has 1 saturated carbocycles. The lowest BCUT2D eigenvalue weighted by Gasteiger charge is -2.42. The molecule has 6 rings (SSSR count). The van der Waals surface area contributed by atoms with Gasteiger partial charge in [-0.2, -0.15) is 5.10 Å². The molecule has 4 heterocycles. The van der Waals surface area contributed by atoms with Crippen LogP contribution in [0.5, 0.6) is 0 Å². The molecule has 1 aromatic carbocycles. The lowest BCUT2D eigenvalue weighted by Crippen LogP contribution is -2.45. The van der Waals surface area contributed by atoms with Gasteiger partial charge in [0, 0.05) is 93.1 Å². The Hall–Kier alpha value is -3.27. The molecule has 1 aliphatic carbocycles. The van der Waals surface area contributed by atoms with E-state index in [0.29, 0.717) is 36.8 Å². The summed E-state index contributed by atoms with van der Waals surface area (Å²) >= 11 is 0. The van der Waals surface area contributed by atoms with Gasteiger partial charge < -0.3 is 20.4 Å². The van der Waals surface area contributed by atoms with Crippen molar-refractivity contribution in [2.75, 3.05) is 38.1 Å². The SMILES string of the molecule is CN=C/C(=C\N)c1cc2c(cc1C(F)F)N(c1nn(C3CCN(C4CCC4)CC3)c3c1CN(C(C)=O)CC3)CCC2. The molecule has 2 fully saturated rings. The van der Waals surface area contributed by atoms with Gasteiger partial charge in [0.2, 0.25) is 5.91 Å². The Bertz CT molecular complexity index is 1350. The number of aliphatic imine (C=N–C) groups is 1. The molecule has 2 N–H and O–H groups in total. The Balaban J connectivity index is 1.40. The number of carbonyl (C=O) groups is 1. The summed E-state index contributed by atoms with van der Waals surface area (Å²) in [5.41, 5.74) is 10.7. The highest BCUT2D eigenvalue weighted by atomic mass is 19.3. The predicted molar refractivity (Wildman–Crippen MR) is 158 cm³/mol. The lowest BCUT2D eigenvalue weighted by molar-refractivity contribution is -0.129. The average Bonchev–Trinajstić information content (AvgIpc) is 3.33. The molecule has 4 aliphatic rings. The molecule has 41 heavy (non-hydrogen) atoms. The monoisotopic (exact) mass is 565 g/mol. The Morgan fingerprint density at radius 3 is 2.49 bits per heavy atom. The molecule has 1 aromatic heterocycles. The minimum atomic E-state index is -2.67. The van der Waals surface area contributed by atoms with Gasteiger partial charge in [-0.25, -0.2) is 8.78 Å². The zero-order valence-electron chi connectivity index (χ0n) is 24.2. The van der Waals surface area contributed by atoms with E-state index in [1.165, 1.54) is 37.4 Å². The highest BCUT2D eigenvalue weighted by molar-refractivity contribution is 6.10. The van der Waals surface area contributed by atoms with Gasteiger partial charge in [0.15, 0.2) is 5.82 Å². The predicted octanol–water partition coefficient (Wildman–Crippen LogP) is 5.00. The number of nitrogens with zero attached hydrogens (tertiary/aromatic N) is 6. The van der Waals surface area contributed by atoms with Crippen molar-refractivity contribution in [3.63, 3.8) is 0 Å². The van der Waals surface area contributed by atoms with E-state index in [9.17, 15) is 13.6 Å². The second-order valence-corrected chi connectivity index (χ2v) is 11.9. The molecule has 2 aromatic rings.